The molecule has 2 fully saturated rings. The van der Waals surface area contributed by atoms with Crippen LogP contribution in [0.2, 0.25) is 0 Å². The van der Waals surface area contributed by atoms with E-state index in [2.05, 4.69) is 17.1 Å². The van der Waals surface area contributed by atoms with Crippen LogP contribution in [0.3, 0.4) is 0 Å². The summed E-state index contributed by atoms with van der Waals surface area (Å²) >= 11 is 1.60. The van der Waals surface area contributed by atoms with Gasteiger partial charge in [-0.05, 0) is 6.42 Å². The van der Waals surface area contributed by atoms with Gasteiger partial charge in [-0.2, -0.15) is 0 Å². The fraction of sp³-hybridized carbons (Fsp3) is 0.846. The first kappa shape index (κ1) is 15.6. The molecule has 2 unspecified atom stereocenters. The Balaban J connectivity index is 2.00. The Morgan fingerprint density at radius 3 is 2.65 bits per heavy atom. The lowest BCUT2D eigenvalue weighted by molar-refractivity contribution is -0.149. The lowest BCUT2D eigenvalue weighted by atomic mass is 10.2. The van der Waals surface area contributed by atoms with Crippen molar-refractivity contribution < 1.29 is 14.7 Å². The van der Waals surface area contributed by atoms with Crippen molar-refractivity contribution in [2.24, 2.45) is 0 Å². The van der Waals surface area contributed by atoms with Gasteiger partial charge in [-0.1, -0.05) is 13.3 Å². The van der Waals surface area contributed by atoms with E-state index < -0.39 is 12.0 Å². The number of carboxylic acid groups (broad SMARTS) is 1. The van der Waals surface area contributed by atoms with Crippen LogP contribution in [-0.2, 0) is 9.59 Å². The molecule has 0 bridgehead atoms. The van der Waals surface area contributed by atoms with Gasteiger partial charge in [0.1, 0.15) is 6.04 Å². The van der Waals surface area contributed by atoms with E-state index in [9.17, 15) is 14.7 Å². The predicted octanol–water partition coefficient (Wildman–Crippen LogP) is 0.0464. The highest BCUT2D eigenvalue weighted by atomic mass is 32.2. The number of aliphatic carboxylic acids is 1. The molecule has 0 spiro atoms. The summed E-state index contributed by atoms with van der Waals surface area (Å²) in [6.07, 6.45) is 1.82. The second-order valence-electron chi connectivity index (χ2n) is 5.26. The molecule has 1 amide bonds. The minimum Gasteiger partial charge on any atom is -0.480 e. The third-order valence-electron chi connectivity index (χ3n) is 3.77. The van der Waals surface area contributed by atoms with Gasteiger partial charge in [0.2, 0.25) is 5.91 Å². The van der Waals surface area contributed by atoms with E-state index in [0.29, 0.717) is 12.3 Å². The summed E-state index contributed by atoms with van der Waals surface area (Å²) in [5.74, 6) is -0.416. The molecule has 6 nitrogen and oxygen atoms in total. The third kappa shape index (κ3) is 3.65. The van der Waals surface area contributed by atoms with E-state index in [1.807, 2.05) is 0 Å². The Hall–Kier alpha value is -0.790. The smallest absolute Gasteiger partial charge is 0.327 e. The van der Waals surface area contributed by atoms with E-state index in [1.165, 1.54) is 0 Å². The summed E-state index contributed by atoms with van der Waals surface area (Å²) < 4.78 is 0. The van der Waals surface area contributed by atoms with Gasteiger partial charge in [0, 0.05) is 31.9 Å². The molecule has 0 aromatic rings. The van der Waals surface area contributed by atoms with Gasteiger partial charge >= 0.3 is 5.97 Å². The van der Waals surface area contributed by atoms with E-state index >= 15 is 0 Å². The van der Waals surface area contributed by atoms with E-state index in [1.54, 1.807) is 16.7 Å². The largest absolute Gasteiger partial charge is 0.480 e. The molecule has 0 saturated carbocycles. The standard InChI is InChI=1S/C13H23N3O3S/c1-2-3-12-16(10(9-20-12)13(18)19)11(17)8-15-6-4-14-5-7-15/h10,12,14H,2-9H2,1H3,(H,18,19). The molecular formula is C13H23N3O3S. The Morgan fingerprint density at radius 2 is 2.05 bits per heavy atom. The zero-order valence-corrected chi connectivity index (χ0v) is 12.7. The number of rotatable bonds is 5. The van der Waals surface area contributed by atoms with E-state index in [0.717, 1.165) is 39.0 Å². The van der Waals surface area contributed by atoms with Gasteiger partial charge in [0.25, 0.3) is 0 Å². The zero-order valence-electron chi connectivity index (χ0n) is 11.9. The number of carbonyl (C=O) groups excluding carboxylic acids is 1. The Labute approximate surface area is 123 Å². The maximum absolute atomic E-state index is 12.5. The first-order valence-electron chi connectivity index (χ1n) is 7.22. The summed E-state index contributed by atoms with van der Waals surface area (Å²) in [5.41, 5.74) is 0. The average molecular weight is 301 g/mol. The highest BCUT2D eigenvalue weighted by Crippen LogP contribution is 2.32. The number of amides is 1. The second kappa shape index (κ2) is 7.28. The first-order chi connectivity index (χ1) is 9.63. The van der Waals surface area contributed by atoms with Gasteiger partial charge in [-0.25, -0.2) is 4.79 Å². The number of nitrogens with zero attached hydrogens (tertiary/aromatic N) is 2. The molecule has 20 heavy (non-hydrogen) atoms. The molecule has 114 valence electrons. The monoisotopic (exact) mass is 301 g/mol. The molecule has 2 rings (SSSR count). The van der Waals surface area contributed by atoms with Crippen LogP contribution in [-0.4, -0.2) is 76.7 Å². The molecule has 2 aliphatic heterocycles. The molecule has 2 heterocycles. The van der Waals surface area contributed by atoms with E-state index in [-0.39, 0.29) is 11.3 Å². The minimum atomic E-state index is -0.884. The Kier molecular flexibility index (Phi) is 5.68. The van der Waals surface area contributed by atoms with Crippen molar-refractivity contribution in [3.05, 3.63) is 0 Å². The van der Waals surface area contributed by atoms with Crippen LogP contribution < -0.4 is 5.32 Å². The molecule has 2 saturated heterocycles. The fourth-order valence-corrected chi connectivity index (χ4v) is 4.23. The molecule has 0 aromatic heterocycles. The van der Waals surface area contributed by atoms with Crippen molar-refractivity contribution in [2.75, 3.05) is 38.5 Å². The normalized spacial score (nSPS) is 27.8. The van der Waals surface area contributed by atoms with Gasteiger partial charge < -0.3 is 15.3 Å². The van der Waals surface area contributed by atoms with Crippen molar-refractivity contribution in [1.82, 2.24) is 15.1 Å². The van der Waals surface area contributed by atoms with Gasteiger partial charge in [0.15, 0.2) is 0 Å². The molecule has 2 aliphatic rings. The molecular weight excluding hydrogens is 278 g/mol. The first-order valence-corrected chi connectivity index (χ1v) is 8.27. The summed E-state index contributed by atoms with van der Waals surface area (Å²) in [6.45, 7) is 5.89. The Bertz CT molecular complexity index is 361. The van der Waals surface area contributed by atoms with Crippen LogP contribution in [0.4, 0.5) is 0 Å². The molecule has 7 heteroatoms. The zero-order chi connectivity index (χ0) is 14.5. The average Bonchev–Trinajstić information content (AvgIpc) is 2.84. The number of hydrogen-bond acceptors (Lipinski definition) is 5. The van der Waals surface area contributed by atoms with Crippen LogP contribution in [0.5, 0.6) is 0 Å². The summed E-state index contributed by atoms with van der Waals surface area (Å²) in [7, 11) is 0. The number of carboxylic acids is 1. The lowest BCUT2D eigenvalue weighted by Crippen LogP contribution is -2.52. The van der Waals surface area contributed by atoms with Crippen LogP contribution in [0.25, 0.3) is 0 Å². The van der Waals surface area contributed by atoms with Gasteiger partial charge in [-0.15, -0.1) is 11.8 Å². The summed E-state index contributed by atoms with van der Waals surface area (Å²) in [5, 5.41) is 12.6. The third-order valence-corrected chi connectivity index (χ3v) is 5.13. The van der Waals surface area contributed by atoms with Crippen molar-refractivity contribution >= 4 is 23.6 Å². The highest BCUT2D eigenvalue weighted by molar-refractivity contribution is 8.00. The number of thioether (sulfide) groups is 1. The van der Waals surface area contributed by atoms with Gasteiger partial charge in [0.05, 0.1) is 11.9 Å². The summed E-state index contributed by atoms with van der Waals surface area (Å²) in [4.78, 5) is 27.5. The maximum atomic E-state index is 12.5. The predicted molar refractivity (Wildman–Crippen MR) is 78.7 cm³/mol. The SMILES string of the molecule is CCCC1SCC(C(=O)O)N1C(=O)CN1CCNCC1. The van der Waals surface area contributed by atoms with Crippen molar-refractivity contribution in [3.63, 3.8) is 0 Å². The molecule has 2 atom stereocenters. The fourth-order valence-electron chi connectivity index (χ4n) is 2.70. The van der Waals surface area contributed by atoms with Crippen molar-refractivity contribution in [3.8, 4) is 0 Å². The second-order valence-corrected chi connectivity index (χ2v) is 6.47. The number of nitrogens with one attached hydrogen (secondary N) is 1. The maximum Gasteiger partial charge on any atom is 0.327 e. The Morgan fingerprint density at radius 1 is 1.35 bits per heavy atom. The quantitative estimate of drug-likeness (QED) is 0.747. The number of piperazine rings is 1. The van der Waals surface area contributed by atoms with Crippen molar-refractivity contribution in [2.45, 2.75) is 31.2 Å². The molecule has 2 N–H and O–H groups in total. The number of carbonyl (C=O) groups is 2. The van der Waals surface area contributed by atoms with Crippen molar-refractivity contribution in [1.29, 1.82) is 0 Å². The topological polar surface area (TPSA) is 72.9 Å². The minimum absolute atomic E-state index is 0.0246. The molecule has 0 radical (unpaired) electrons. The van der Waals surface area contributed by atoms with Crippen LogP contribution in [0.15, 0.2) is 0 Å². The van der Waals surface area contributed by atoms with Crippen LogP contribution in [0.1, 0.15) is 19.8 Å². The summed E-state index contributed by atoms with van der Waals surface area (Å²) in [6, 6.07) is -0.660. The van der Waals surface area contributed by atoms with E-state index in [4.69, 9.17) is 0 Å². The highest BCUT2D eigenvalue weighted by Gasteiger charge is 2.41. The number of hydrogen-bond donors (Lipinski definition) is 2. The van der Waals surface area contributed by atoms with Crippen LogP contribution in [0, 0.1) is 0 Å². The molecule has 0 aromatic carbocycles. The van der Waals surface area contributed by atoms with Gasteiger partial charge in [-0.3, -0.25) is 9.69 Å². The molecule has 0 aliphatic carbocycles. The lowest BCUT2D eigenvalue weighted by Gasteiger charge is -2.32. The van der Waals surface area contributed by atoms with Crippen LogP contribution >= 0.6 is 11.8 Å².